The minimum absolute atomic E-state index is 0.0249. The average Bonchev–Trinajstić information content (AvgIpc) is 3.40. The normalized spacial score (nSPS) is 17.7. The number of nitrogens with one attached hydrogen (secondary N) is 3. The van der Waals surface area contributed by atoms with Crippen molar-refractivity contribution in [2.24, 2.45) is 11.8 Å². The first-order chi connectivity index (χ1) is 34.6. The first kappa shape index (κ1) is 49.6. The van der Waals surface area contributed by atoms with E-state index in [2.05, 4.69) is 54.7 Å². The maximum Gasteiger partial charge on any atom is 0.274 e. The van der Waals surface area contributed by atoms with Crippen molar-refractivity contribution in [3.8, 4) is 11.1 Å². The van der Waals surface area contributed by atoms with E-state index in [0.29, 0.717) is 91.8 Å². The van der Waals surface area contributed by atoms with E-state index in [1.807, 2.05) is 35.2 Å². The number of piperazine rings is 2. The second kappa shape index (κ2) is 23.2. The highest BCUT2D eigenvalue weighted by Gasteiger charge is 2.31. The summed E-state index contributed by atoms with van der Waals surface area (Å²) in [7, 11) is 0. The van der Waals surface area contributed by atoms with E-state index in [9.17, 15) is 24.0 Å². The van der Waals surface area contributed by atoms with Gasteiger partial charge in [0.2, 0.25) is 11.8 Å². The fourth-order valence-corrected chi connectivity index (χ4v) is 10.3. The molecular formula is C54H65FN10O6. The number of H-pyrrole nitrogens is 1. The summed E-state index contributed by atoms with van der Waals surface area (Å²) in [5, 5.41) is 14.3. The molecule has 4 amide bonds. The number of nitrogens with zero attached hydrogens (tertiary/aromatic N) is 7. The number of aromatic nitrogens is 3. The Bertz CT molecular complexity index is 2760. The number of carbonyl (C=O) groups is 4. The Morgan fingerprint density at radius 1 is 0.732 bits per heavy atom. The lowest BCUT2D eigenvalue weighted by Crippen LogP contribution is -2.53. The molecule has 71 heavy (non-hydrogen) atoms. The second-order valence-corrected chi connectivity index (χ2v) is 19.4. The molecule has 0 aliphatic carbocycles. The highest BCUT2D eigenvalue weighted by molar-refractivity contribution is 6.03. The summed E-state index contributed by atoms with van der Waals surface area (Å²) in [6.45, 7) is 11.3. The zero-order valence-electron chi connectivity index (χ0n) is 40.7. The van der Waals surface area contributed by atoms with Gasteiger partial charge in [-0.3, -0.25) is 33.8 Å². The van der Waals surface area contributed by atoms with E-state index in [0.717, 1.165) is 95.7 Å². The Morgan fingerprint density at radius 3 is 2.21 bits per heavy atom. The largest absolute Gasteiger partial charge is 0.381 e. The number of aryl methyl sites for hydroxylation is 1. The number of benzene rings is 3. The van der Waals surface area contributed by atoms with Gasteiger partial charge in [0.1, 0.15) is 5.82 Å². The molecule has 17 heteroatoms. The zero-order chi connectivity index (χ0) is 49.3. The maximum absolute atomic E-state index is 15.1. The number of rotatable bonds is 15. The molecule has 4 fully saturated rings. The minimum Gasteiger partial charge on any atom is -0.381 e. The van der Waals surface area contributed by atoms with Crippen LogP contribution < -0.4 is 16.2 Å². The molecule has 0 bridgehead atoms. The molecule has 2 aromatic heterocycles. The number of hydrogen-bond acceptors (Lipinski definition) is 11. The van der Waals surface area contributed by atoms with Crippen molar-refractivity contribution < 1.29 is 28.3 Å². The van der Waals surface area contributed by atoms with Crippen LogP contribution in [-0.2, 0) is 27.2 Å². The summed E-state index contributed by atoms with van der Waals surface area (Å²) in [5.41, 5.74) is 4.67. The molecule has 5 aromatic rings. The van der Waals surface area contributed by atoms with Gasteiger partial charge < -0.3 is 30.1 Å². The number of anilines is 1. The molecule has 0 spiro atoms. The minimum atomic E-state index is -0.608. The van der Waals surface area contributed by atoms with Crippen LogP contribution >= 0.6 is 0 Å². The van der Waals surface area contributed by atoms with Crippen LogP contribution in [0.2, 0.25) is 0 Å². The van der Waals surface area contributed by atoms with Gasteiger partial charge in [0.05, 0.1) is 35.4 Å². The quantitative estimate of drug-likeness (QED) is 0.133. The summed E-state index contributed by atoms with van der Waals surface area (Å²) in [6.07, 6.45) is 6.82. The van der Waals surface area contributed by atoms with Crippen LogP contribution in [0.25, 0.3) is 21.9 Å². The highest BCUT2D eigenvalue weighted by Crippen LogP contribution is 2.28. The second-order valence-electron chi connectivity index (χ2n) is 19.4. The van der Waals surface area contributed by atoms with Crippen molar-refractivity contribution in [2.45, 2.75) is 45.4 Å². The van der Waals surface area contributed by atoms with E-state index in [4.69, 9.17) is 4.74 Å². The SMILES string of the molecule is CCc1cccc(-c2cnc(C(=O)N3CCN(CC4CCN(CC(=O)N5CCN(C(=O)c6cc(Cc7n[nH]c(=O)c8ccccc78)ccc6F)CC5)CC4)CC3)c(NC(=O)CNCC3CCOCC3)c2)c1. The van der Waals surface area contributed by atoms with Crippen LogP contribution in [-0.4, -0.2) is 168 Å². The topological polar surface area (TPSA) is 176 Å². The van der Waals surface area contributed by atoms with Gasteiger partial charge in [0.25, 0.3) is 17.4 Å². The number of amides is 4. The van der Waals surface area contributed by atoms with Gasteiger partial charge in [0, 0.05) is 95.7 Å². The van der Waals surface area contributed by atoms with Crippen LogP contribution in [0.1, 0.15) is 70.3 Å². The number of fused-ring (bicyclic) bond motifs is 1. The number of piperidine rings is 1. The van der Waals surface area contributed by atoms with Gasteiger partial charge in [-0.25, -0.2) is 14.5 Å². The molecule has 0 saturated carbocycles. The standard InChI is InChI=1S/C54H65FN10O6/c1-2-37-6-5-7-41(28-37)42-31-48(58-49(66)34-56-32-38-14-26-71-27-15-38)51(57-33-42)54(70)65-20-18-62(19-21-65)35-39-12-16-61(17-13-39)36-50(67)63-22-24-64(25-23-63)53(69)45-29-40(10-11-46(45)55)30-47-43-8-3-4-9-44(43)52(68)60-59-47/h3-11,28-29,31,33,38-39,56H,2,12-27,30,32,34-36H2,1H3,(H,58,66)(H,60,68). The van der Waals surface area contributed by atoms with Crippen molar-refractivity contribution >= 4 is 40.1 Å². The van der Waals surface area contributed by atoms with Crippen molar-refractivity contribution in [3.63, 3.8) is 0 Å². The monoisotopic (exact) mass is 969 g/mol. The number of aromatic amines is 1. The molecule has 0 radical (unpaired) electrons. The fourth-order valence-electron chi connectivity index (χ4n) is 10.3. The molecule has 3 aromatic carbocycles. The van der Waals surface area contributed by atoms with Crippen LogP contribution in [0, 0.1) is 17.7 Å². The van der Waals surface area contributed by atoms with Gasteiger partial charge in [-0.05, 0) is 105 Å². The molecule has 16 nitrogen and oxygen atoms in total. The van der Waals surface area contributed by atoms with Gasteiger partial charge in [-0.2, -0.15) is 5.10 Å². The van der Waals surface area contributed by atoms with Crippen molar-refractivity contribution in [1.82, 2.24) is 45.0 Å². The van der Waals surface area contributed by atoms with Crippen LogP contribution in [0.15, 0.2) is 83.8 Å². The molecule has 3 N–H and O–H groups in total. The van der Waals surface area contributed by atoms with Gasteiger partial charge >= 0.3 is 0 Å². The molecule has 4 aliphatic heterocycles. The highest BCUT2D eigenvalue weighted by atomic mass is 19.1. The number of pyridine rings is 1. The first-order valence-electron chi connectivity index (χ1n) is 25.3. The summed E-state index contributed by atoms with van der Waals surface area (Å²) in [4.78, 5) is 81.3. The number of hydrogen-bond donors (Lipinski definition) is 3. The van der Waals surface area contributed by atoms with E-state index in [1.54, 1.807) is 40.3 Å². The lowest BCUT2D eigenvalue weighted by atomic mass is 9.96. The number of likely N-dealkylation sites (tertiary alicyclic amines) is 1. The molecule has 4 saturated heterocycles. The van der Waals surface area contributed by atoms with Gasteiger partial charge in [-0.1, -0.05) is 55.5 Å². The summed E-state index contributed by atoms with van der Waals surface area (Å²) in [5.74, 6) is -0.446. The summed E-state index contributed by atoms with van der Waals surface area (Å²) in [6, 6.07) is 21.7. The molecule has 0 atom stereocenters. The third-order valence-electron chi connectivity index (χ3n) is 14.7. The zero-order valence-corrected chi connectivity index (χ0v) is 40.7. The Kier molecular flexibility index (Phi) is 16.2. The number of carbonyl (C=O) groups excluding carboxylic acids is 4. The molecule has 4 aliphatic rings. The third kappa shape index (κ3) is 12.4. The molecule has 6 heterocycles. The number of halogens is 1. The van der Waals surface area contributed by atoms with Crippen LogP contribution in [0.3, 0.4) is 0 Å². The third-order valence-corrected chi connectivity index (χ3v) is 14.7. The van der Waals surface area contributed by atoms with Crippen LogP contribution in [0.5, 0.6) is 0 Å². The Balaban J connectivity index is 0.717. The summed E-state index contributed by atoms with van der Waals surface area (Å²) >= 11 is 0. The van der Waals surface area contributed by atoms with E-state index >= 15 is 4.39 Å². The lowest BCUT2D eigenvalue weighted by molar-refractivity contribution is -0.134. The molecule has 374 valence electrons. The fraction of sp³-hybridized carbons (Fsp3) is 0.463. The smallest absolute Gasteiger partial charge is 0.274 e. The van der Waals surface area contributed by atoms with E-state index in [-0.39, 0.29) is 41.1 Å². The Labute approximate surface area is 413 Å². The average molecular weight is 969 g/mol. The van der Waals surface area contributed by atoms with Gasteiger partial charge in [-0.15, -0.1) is 0 Å². The van der Waals surface area contributed by atoms with E-state index in [1.165, 1.54) is 11.6 Å². The summed E-state index contributed by atoms with van der Waals surface area (Å²) < 4.78 is 20.6. The maximum atomic E-state index is 15.1. The molecule has 9 rings (SSSR count). The Hall–Kier alpha value is -6.40. The molecule has 0 unspecified atom stereocenters. The number of ether oxygens (including phenoxy) is 1. The van der Waals surface area contributed by atoms with Crippen molar-refractivity contribution in [1.29, 1.82) is 0 Å². The van der Waals surface area contributed by atoms with Crippen molar-refractivity contribution in [3.05, 3.63) is 123 Å². The van der Waals surface area contributed by atoms with Gasteiger partial charge in [0.15, 0.2) is 5.69 Å². The van der Waals surface area contributed by atoms with E-state index < -0.39 is 11.7 Å². The predicted molar refractivity (Wildman–Crippen MR) is 270 cm³/mol. The lowest BCUT2D eigenvalue weighted by Gasteiger charge is -2.39. The predicted octanol–water partition coefficient (Wildman–Crippen LogP) is 4.69. The molecular weight excluding hydrogens is 904 g/mol. The first-order valence-corrected chi connectivity index (χ1v) is 25.3. The van der Waals surface area contributed by atoms with Crippen LogP contribution in [0.4, 0.5) is 10.1 Å². The van der Waals surface area contributed by atoms with Crippen molar-refractivity contribution in [2.75, 3.05) is 110 Å². The Morgan fingerprint density at radius 2 is 1.45 bits per heavy atom.